The minimum absolute atomic E-state index is 0.167. The Balaban J connectivity index is 1.95. The molecule has 3 aromatic rings. The highest BCUT2D eigenvalue weighted by atomic mass is 35.5. The fraction of sp³-hybridized carbons (Fsp3) is 0.231. The molecule has 0 spiro atoms. The Bertz CT molecular complexity index is 942. The van der Waals surface area contributed by atoms with Gasteiger partial charge in [-0.1, -0.05) is 11.6 Å². The fourth-order valence-corrected chi connectivity index (χ4v) is 3.95. The number of anilines is 1. The first-order valence-electron chi connectivity index (χ1n) is 6.81. The summed E-state index contributed by atoms with van der Waals surface area (Å²) in [6.45, 7) is 0. The predicted octanol–water partition coefficient (Wildman–Crippen LogP) is 1.61. The summed E-state index contributed by atoms with van der Waals surface area (Å²) in [5, 5.41) is 14.2. The smallest absolute Gasteiger partial charge is 0.269 e. The first-order valence-corrected chi connectivity index (χ1v) is 8.07. The second kappa shape index (κ2) is 5.07. The second-order valence-corrected chi connectivity index (χ2v) is 6.32. The first kappa shape index (κ1) is 14.2. The van der Waals surface area contributed by atoms with E-state index < -0.39 is 5.92 Å². The Morgan fingerprint density at radius 2 is 2.39 bits per heavy atom. The van der Waals surface area contributed by atoms with Crippen LogP contribution in [0.5, 0.6) is 0 Å². The number of aromatic nitrogens is 4. The van der Waals surface area contributed by atoms with Crippen LogP contribution in [0.4, 0.5) is 5.82 Å². The van der Waals surface area contributed by atoms with Crippen molar-refractivity contribution in [1.29, 1.82) is 0 Å². The molecule has 3 aromatic heterocycles. The van der Waals surface area contributed by atoms with Crippen LogP contribution >= 0.6 is 22.9 Å². The van der Waals surface area contributed by atoms with E-state index in [0.717, 1.165) is 4.96 Å². The quantitative estimate of drug-likeness (QED) is 0.653. The van der Waals surface area contributed by atoms with Crippen LogP contribution in [0.15, 0.2) is 11.6 Å². The zero-order valence-electron chi connectivity index (χ0n) is 11.9. The van der Waals surface area contributed by atoms with Gasteiger partial charge in [0.1, 0.15) is 5.69 Å². The molecule has 0 aliphatic carbocycles. The molecule has 8 nitrogen and oxygen atoms in total. The van der Waals surface area contributed by atoms with Crippen molar-refractivity contribution < 1.29 is 9.59 Å². The van der Waals surface area contributed by atoms with Gasteiger partial charge in [-0.15, -0.1) is 11.3 Å². The van der Waals surface area contributed by atoms with E-state index in [1.165, 1.54) is 18.4 Å². The number of nitrogens with zero attached hydrogens (tertiary/aromatic N) is 3. The van der Waals surface area contributed by atoms with Crippen molar-refractivity contribution in [3.05, 3.63) is 33.7 Å². The van der Waals surface area contributed by atoms with Crippen molar-refractivity contribution in [2.45, 2.75) is 12.3 Å². The third-order valence-electron chi connectivity index (χ3n) is 3.84. The van der Waals surface area contributed by atoms with Crippen molar-refractivity contribution in [3.63, 3.8) is 0 Å². The van der Waals surface area contributed by atoms with Crippen LogP contribution in [-0.4, -0.2) is 38.4 Å². The lowest BCUT2D eigenvalue weighted by atomic mass is 9.89. The van der Waals surface area contributed by atoms with Gasteiger partial charge in [-0.3, -0.25) is 19.1 Å². The molecule has 118 valence electrons. The largest absolute Gasteiger partial charge is 0.354 e. The molecule has 0 saturated heterocycles. The summed E-state index contributed by atoms with van der Waals surface area (Å²) in [5.41, 5.74) is 1.62. The molecule has 1 aliphatic rings. The van der Waals surface area contributed by atoms with Gasteiger partial charge in [-0.2, -0.15) is 5.10 Å². The number of H-pyrrole nitrogens is 1. The minimum atomic E-state index is -0.401. The van der Waals surface area contributed by atoms with Gasteiger partial charge in [0.15, 0.2) is 15.9 Å². The lowest BCUT2D eigenvalue weighted by molar-refractivity contribution is -0.116. The van der Waals surface area contributed by atoms with Gasteiger partial charge in [0.2, 0.25) is 5.91 Å². The lowest BCUT2D eigenvalue weighted by Crippen LogP contribution is -2.27. The number of carbonyl (C=O) groups excluding carboxylic acids is 2. The van der Waals surface area contributed by atoms with E-state index in [-0.39, 0.29) is 18.2 Å². The summed E-state index contributed by atoms with van der Waals surface area (Å²) >= 11 is 7.75. The molecule has 4 rings (SSSR count). The van der Waals surface area contributed by atoms with E-state index in [2.05, 4.69) is 25.8 Å². The summed E-state index contributed by atoms with van der Waals surface area (Å²) in [7, 11) is 1.54. The number of imidazole rings is 1. The lowest BCUT2D eigenvalue weighted by Gasteiger charge is -2.22. The van der Waals surface area contributed by atoms with Gasteiger partial charge >= 0.3 is 0 Å². The Labute approximate surface area is 138 Å². The number of aromatic amines is 1. The molecular formula is C13H11ClN6O2S. The summed E-state index contributed by atoms with van der Waals surface area (Å²) in [6.07, 6.45) is 2.01. The number of rotatable bonds is 2. The standard InChI is InChI=1S/C13H11ClN6O2S/c1-15-12(22)8-7-5(4-6(21)16-11(7)19-18-8)9-10(14)17-13-20(9)2-3-23-13/h2-3,5H,4H2,1H3,(H,15,22)(H2,16,18,19,21)/t5-/m1/s1. The molecule has 10 heteroatoms. The Morgan fingerprint density at radius 1 is 1.57 bits per heavy atom. The van der Waals surface area contributed by atoms with Gasteiger partial charge < -0.3 is 10.6 Å². The zero-order chi connectivity index (χ0) is 16.1. The average molecular weight is 351 g/mol. The summed E-state index contributed by atoms with van der Waals surface area (Å²) in [6, 6.07) is 0. The van der Waals surface area contributed by atoms with Crippen molar-refractivity contribution in [1.82, 2.24) is 24.9 Å². The van der Waals surface area contributed by atoms with E-state index in [1.54, 1.807) is 0 Å². The fourth-order valence-electron chi connectivity index (χ4n) is 2.88. The SMILES string of the molecule is CNC(=O)c1[nH]nc2c1[C@H](c1c(Cl)nc3sccn13)CC(=O)N2. The maximum atomic E-state index is 12.1. The molecule has 1 atom stereocenters. The van der Waals surface area contributed by atoms with Crippen LogP contribution in [0.25, 0.3) is 4.96 Å². The van der Waals surface area contributed by atoms with Crippen molar-refractivity contribution in [3.8, 4) is 0 Å². The molecular weight excluding hydrogens is 340 g/mol. The van der Waals surface area contributed by atoms with E-state index >= 15 is 0 Å². The number of thiazole rings is 1. The van der Waals surface area contributed by atoms with Gasteiger partial charge in [-0.05, 0) is 0 Å². The molecule has 2 amide bonds. The van der Waals surface area contributed by atoms with Crippen LogP contribution in [0.1, 0.15) is 34.1 Å². The number of halogens is 1. The molecule has 0 unspecified atom stereocenters. The normalized spacial score (nSPS) is 17.1. The third-order valence-corrected chi connectivity index (χ3v) is 4.87. The first-order chi connectivity index (χ1) is 11.1. The van der Waals surface area contributed by atoms with Crippen molar-refractivity contribution in [2.75, 3.05) is 12.4 Å². The van der Waals surface area contributed by atoms with Gasteiger partial charge in [0.05, 0.1) is 5.69 Å². The number of amides is 2. The summed E-state index contributed by atoms with van der Waals surface area (Å²) in [5.74, 6) is -0.534. The molecule has 4 heterocycles. The van der Waals surface area contributed by atoms with Crippen LogP contribution in [0, 0.1) is 0 Å². The Kier molecular flexibility index (Phi) is 3.13. The van der Waals surface area contributed by atoms with E-state index in [0.29, 0.717) is 27.9 Å². The predicted molar refractivity (Wildman–Crippen MR) is 85.1 cm³/mol. The van der Waals surface area contributed by atoms with Gasteiger partial charge in [0.25, 0.3) is 5.91 Å². The highest BCUT2D eigenvalue weighted by Gasteiger charge is 2.36. The molecule has 0 aromatic carbocycles. The molecule has 23 heavy (non-hydrogen) atoms. The maximum Gasteiger partial charge on any atom is 0.269 e. The maximum absolute atomic E-state index is 12.1. The molecule has 3 N–H and O–H groups in total. The molecule has 0 fully saturated rings. The van der Waals surface area contributed by atoms with Gasteiger partial charge in [0, 0.05) is 36.5 Å². The number of hydrogen-bond acceptors (Lipinski definition) is 5. The highest BCUT2D eigenvalue weighted by Crippen LogP contribution is 2.41. The zero-order valence-corrected chi connectivity index (χ0v) is 13.5. The van der Waals surface area contributed by atoms with Crippen LogP contribution < -0.4 is 10.6 Å². The highest BCUT2D eigenvalue weighted by molar-refractivity contribution is 7.15. The molecule has 0 bridgehead atoms. The van der Waals surface area contributed by atoms with Crippen LogP contribution in [0.3, 0.4) is 0 Å². The topological polar surface area (TPSA) is 104 Å². The minimum Gasteiger partial charge on any atom is -0.354 e. The second-order valence-electron chi connectivity index (χ2n) is 5.09. The van der Waals surface area contributed by atoms with Crippen molar-refractivity contribution >= 4 is 45.5 Å². The average Bonchev–Trinajstić information content (AvgIpc) is 3.19. The Morgan fingerprint density at radius 3 is 3.17 bits per heavy atom. The number of nitrogens with one attached hydrogen (secondary N) is 3. The van der Waals surface area contributed by atoms with E-state index in [4.69, 9.17) is 11.6 Å². The molecule has 1 aliphatic heterocycles. The number of hydrogen-bond donors (Lipinski definition) is 3. The molecule has 0 radical (unpaired) electrons. The van der Waals surface area contributed by atoms with Gasteiger partial charge in [-0.25, -0.2) is 4.98 Å². The molecule has 0 saturated carbocycles. The van der Waals surface area contributed by atoms with E-state index in [1.807, 2.05) is 16.0 Å². The number of fused-ring (bicyclic) bond motifs is 2. The Hall–Kier alpha value is -2.39. The number of carbonyl (C=O) groups is 2. The van der Waals surface area contributed by atoms with Crippen molar-refractivity contribution in [2.24, 2.45) is 0 Å². The summed E-state index contributed by atoms with van der Waals surface area (Å²) < 4.78 is 1.85. The van der Waals surface area contributed by atoms with Crippen LogP contribution in [0.2, 0.25) is 5.15 Å². The monoisotopic (exact) mass is 350 g/mol. The van der Waals surface area contributed by atoms with E-state index in [9.17, 15) is 9.59 Å². The summed E-state index contributed by atoms with van der Waals surface area (Å²) in [4.78, 5) is 29.2. The van der Waals surface area contributed by atoms with Crippen LogP contribution in [-0.2, 0) is 4.79 Å². The third kappa shape index (κ3) is 2.04.